The van der Waals surface area contributed by atoms with E-state index in [9.17, 15) is 4.79 Å². The molecule has 0 N–H and O–H groups in total. The lowest BCUT2D eigenvalue weighted by atomic mass is 10.1. The van der Waals surface area contributed by atoms with Crippen LogP contribution in [0.15, 0.2) is 23.2 Å². The van der Waals surface area contributed by atoms with Gasteiger partial charge in [0.05, 0.1) is 23.8 Å². The highest BCUT2D eigenvalue weighted by molar-refractivity contribution is 6.31. The summed E-state index contributed by atoms with van der Waals surface area (Å²) in [6, 6.07) is 5.79. The lowest BCUT2D eigenvalue weighted by Gasteiger charge is -2.10. The van der Waals surface area contributed by atoms with E-state index < -0.39 is 6.04 Å². The Kier molecular flexibility index (Phi) is 3.87. The van der Waals surface area contributed by atoms with Gasteiger partial charge in [0.1, 0.15) is 5.75 Å². The third-order valence-corrected chi connectivity index (χ3v) is 2.14. The Labute approximate surface area is 91.8 Å². The third kappa shape index (κ3) is 2.35. The number of aliphatic imine (C=N–C) groups is 1. The summed E-state index contributed by atoms with van der Waals surface area (Å²) in [4.78, 5) is 13.5. The Morgan fingerprint density at radius 2 is 2.33 bits per heavy atom. The predicted octanol–water partition coefficient (Wildman–Crippen LogP) is 2.25. The van der Waals surface area contributed by atoms with Gasteiger partial charge in [-0.2, -0.15) is 10.3 Å². The molecule has 1 aromatic carbocycles. The maximum absolute atomic E-state index is 10.1. The smallest absolute Gasteiger partial charge is 0.236 e. The first-order valence-electron chi connectivity index (χ1n) is 4.03. The van der Waals surface area contributed by atoms with Crippen LogP contribution in [0.25, 0.3) is 0 Å². The molecule has 76 valence electrons. The van der Waals surface area contributed by atoms with Crippen molar-refractivity contribution >= 4 is 17.7 Å². The molecule has 1 atom stereocenters. The third-order valence-electron chi connectivity index (χ3n) is 1.81. The Morgan fingerprint density at radius 1 is 1.60 bits per heavy atom. The van der Waals surface area contributed by atoms with Gasteiger partial charge in [0.25, 0.3) is 0 Å². The normalized spacial score (nSPS) is 11.0. The standard InChI is InChI=1S/C10H7ClN2O2/c1-15-9-4-2-3-7(11)10(9)8(5-12)13-6-14/h2-4,8H,1H3. The van der Waals surface area contributed by atoms with E-state index in [-0.39, 0.29) is 0 Å². The molecular weight excluding hydrogens is 216 g/mol. The van der Waals surface area contributed by atoms with Crippen molar-refractivity contribution in [2.45, 2.75) is 6.04 Å². The van der Waals surface area contributed by atoms with Gasteiger partial charge in [-0.15, -0.1) is 0 Å². The number of hydrogen-bond donors (Lipinski definition) is 0. The molecule has 0 aliphatic carbocycles. The number of nitriles is 1. The Morgan fingerprint density at radius 3 is 2.87 bits per heavy atom. The second kappa shape index (κ2) is 5.16. The molecule has 0 bridgehead atoms. The molecule has 0 amide bonds. The molecule has 15 heavy (non-hydrogen) atoms. The fraction of sp³-hybridized carbons (Fsp3) is 0.200. The molecule has 0 aliphatic heterocycles. The predicted molar refractivity (Wildman–Crippen MR) is 54.5 cm³/mol. The van der Waals surface area contributed by atoms with Crippen LogP contribution in [0.3, 0.4) is 0 Å². The van der Waals surface area contributed by atoms with E-state index in [1.165, 1.54) is 13.2 Å². The van der Waals surface area contributed by atoms with Crippen LogP contribution in [-0.4, -0.2) is 13.2 Å². The molecule has 0 fully saturated rings. The van der Waals surface area contributed by atoms with Gasteiger partial charge in [0.2, 0.25) is 6.08 Å². The fourth-order valence-electron chi connectivity index (χ4n) is 1.17. The summed E-state index contributed by atoms with van der Waals surface area (Å²) in [5, 5.41) is 9.15. The minimum Gasteiger partial charge on any atom is -0.496 e. The van der Waals surface area contributed by atoms with E-state index >= 15 is 0 Å². The van der Waals surface area contributed by atoms with Crippen LogP contribution in [-0.2, 0) is 4.79 Å². The number of halogens is 1. The highest BCUT2D eigenvalue weighted by Gasteiger charge is 2.18. The maximum Gasteiger partial charge on any atom is 0.236 e. The molecule has 1 rings (SSSR count). The summed E-state index contributed by atoms with van der Waals surface area (Å²) >= 11 is 5.90. The van der Waals surface area contributed by atoms with Gasteiger partial charge in [0.15, 0.2) is 6.04 Å². The number of hydrogen-bond acceptors (Lipinski definition) is 4. The summed E-state index contributed by atoms with van der Waals surface area (Å²) in [5.74, 6) is 0.424. The number of benzene rings is 1. The van der Waals surface area contributed by atoms with Crippen molar-refractivity contribution in [3.63, 3.8) is 0 Å². The summed E-state index contributed by atoms with van der Waals surface area (Å²) in [6.07, 6.45) is 1.33. The number of isocyanates is 1. The van der Waals surface area contributed by atoms with Crippen molar-refractivity contribution in [1.82, 2.24) is 0 Å². The van der Waals surface area contributed by atoms with Crippen molar-refractivity contribution in [3.8, 4) is 11.8 Å². The van der Waals surface area contributed by atoms with Crippen LogP contribution in [0.2, 0.25) is 5.02 Å². The molecule has 1 unspecified atom stereocenters. The Bertz CT molecular complexity index is 447. The van der Waals surface area contributed by atoms with Crippen molar-refractivity contribution < 1.29 is 9.53 Å². The lowest BCUT2D eigenvalue weighted by Crippen LogP contribution is -1.97. The molecule has 0 saturated carbocycles. The monoisotopic (exact) mass is 222 g/mol. The van der Waals surface area contributed by atoms with Gasteiger partial charge >= 0.3 is 0 Å². The van der Waals surface area contributed by atoms with Gasteiger partial charge in [-0.05, 0) is 12.1 Å². The summed E-state index contributed by atoms with van der Waals surface area (Å²) in [6.45, 7) is 0. The SMILES string of the molecule is COc1cccc(Cl)c1C(C#N)N=C=O. The molecule has 1 aromatic rings. The average Bonchev–Trinajstić information content (AvgIpc) is 2.26. The fourth-order valence-corrected chi connectivity index (χ4v) is 1.44. The van der Waals surface area contributed by atoms with Crippen molar-refractivity contribution in [2.24, 2.45) is 4.99 Å². The zero-order valence-electron chi connectivity index (χ0n) is 7.90. The highest BCUT2D eigenvalue weighted by Crippen LogP contribution is 2.33. The van der Waals surface area contributed by atoms with Crippen LogP contribution < -0.4 is 4.74 Å². The first-order chi connectivity index (χ1) is 7.24. The van der Waals surface area contributed by atoms with Crippen LogP contribution in [0, 0.1) is 11.3 Å². The number of ether oxygens (including phenoxy) is 1. The van der Waals surface area contributed by atoms with Crippen LogP contribution in [0.4, 0.5) is 0 Å². The Balaban J connectivity index is 3.33. The van der Waals surface area contributed by atoms with Crippen LogP contribution in [0.1, 0.15) is 11.6 Å². The first kappa shape index (κ1) is 11.3. The first-order valence-corrected chi connectivity index (χ1v) is 4.41. The van der Waals surface area contributed by atoms with Gasteiger partial charge in [-0.25, -0.2) is 4.79 Å². The second-order valence-corrected chi connectivity index (χ2v) is 3.01. The lowest BCUT2D eigenvalue weighted by molar-refractivity contribution is 0.408. The molecule has 0 spiro atoms. The van der Waals surface area contributed by atoms with Gasteiger partial charge in [-0.3, -0.25) is 0 Å². The van der Waals surface area contributed by atoms with Crippen LogP contribution >= 0.6 is 11.6 Å². The van der Waals surface area contributed by atoms with Crippen molar-refractivity contribution in [1.29, 1.82) is 5.26 Å². The molecule has 0 aliphatic rings. The quantitative estimate of drug-likeness (QED) is 0.582. The molecule has 0 aromatic heterocycles. The van der Waals surface area contributed by atoms with Gasteiger partial charge < -0.3 is 4.74 Å². The largest absolute Gasteiger partial charge is 0.496 e. The minimum atomic E-state index is -0.980. The number of nitrogens with zero attached hydrogens (tertiary/aromatic N) is 2. The molecular formula is C10H7ClN2O2. The molecule has 0 radical (unpaired) electrons. The number of methoxy groups -OCH3 is 1. The average molecular weight is 223 g/mol. The topological polar surface area (TPSA) is 62.4 Å². The number of carbonyl (C=O) groups excluding carboxylic acids is 1. The molecule has 4 nitrogen and oxygen atoms in total. The summed E-state index contributed by atoms with van der Waals surface area (Å²) < 4.78 is 5.03. The molecule has 0 heterocycles. The van der Waals surface area contributed by atoms with Gasteiger partial charge in [0, 0.05) is 0 Å². The Hall–Kier alpha value is -1.82. The maximum atomic E-state index is 10.1. The van der Waals surface area contributed by atoms with E-state index in [4.69, 9.17) is 21.6 Å². The zero-order chi connectivity index (χ0) is 11.3. The highest BCUT2D eigenvalue weighted by atomic mass is 35.5. The van der Waals surface area contributed by atoms with E-state index in [0.29, 0.717) is 16.3 Å². The van der Waals surface area contributed by atoms with Gasteiger partial charge in [-0.1, -0.05) is 17.7 Å². The minimum absolute atomic E-state index is 0.333. The van der Waals surface area contributed by atoms with Crippen molar-refractivity contribution in [3.05, 3.63) is 28.8 Å². The summed E-state index contributed by atoms with van der Waals surface area (Å²) in [5.41, 5.74) is 0.382. The zero-order valence-corrected chi connectivity index (χ0v) is 8.65. The molecule has 0 saturated heterocycles. The number of rotatable bonds is 3. The van der Waals surface area contributed by atoms with E-state index in [1.54, 1.807) is 18.2 Å². The van der Waals surface area contributed by atoms with Crippen molar-refractivity contribution in [2.75, 3.05) is 7.11 Å². The molecule has 5 heteroatoms. The van der Waals surface area contributed by atoms with Crippen LogP contribution in [0.5, 0.6) is 5.75 Å². The summed E-state index contributed by atoms with van der Waals surface area (Å²) in [7, 11) is 1.45. The second-order valence-electron chi connectivity index (χ2n) is 2.61. The van der Waals surface area contributed by atoms with E-state index in [1.807, 2.05) is 6.07 Å². The van der Waals surface area contributed by atoms with E-state index in [2.05, 4.69) is 4.99 Å². The van der Waals surface area contributed by atoms with E-state index in [0.717, 1.165) is 0 Å².